The molecule has 2 N–H and O–H groups in total. The number of rotatable bonds is 3. The van der Waals surface area contributed by atoms with Gasteiger partial charge in [-0.05, 0) is 47.5 Å². The minimum absolute atomic E-state index is 0. The first kappa shape index (κ1) is 17.4. The number of hydrogen-bond acceptors (Lipinski definition) is 7. The van der Waals surface area contributed by atoms with Crippen LogP contribution in [0.25, 0.3) is 0 Å². The van der Waals surface area contributed by atoms with E-state index in [0.717, 1.165) is 0 Å². The maximum absolute atomic E-state index is 11.9. The summed E-state index contributed by atoms with van der Waals surface area (Å²) in [7, 11) is -4.09. The SMILES string of the molecule is Nc1ccc(S(=O)(=O)Oc2nc(Cl)nc(Cl)n2)cc1.[Na]. The quantitative estimate of drug-likeness (QED) is 0.505. The zero-order valence-electron chi connectivity index (χ0n) is 10.1. The van der Waals surface area contributed by atoms with Crippen molar-refractivity contribution in [1.82, 2.24) is 15.0 Å². The monoisotopic (exact) mass is 343 g/mol. The minimum atomic E-state index is -4.09. The van der Waals surface area contributed by atoms with Crippen LogP contribution < -0.4 is 9.92 Å². The Kier molecular flexibility index (Phi) is 5.99. The van der Waals surface area contributed by atoms with Crippen molar-refractivity contribution < 1.29 is 12.6 Å². The fourth-order valence-electron chi connectivity index (χ4n) is 1.13. The largest absolute Gasteiger partial charge is 0.399 e. The van der Waals surface area contributed by atoms with Gasteiger partial charge in [0.05, 0.1) is 0 Å². The molecule has 0 atom stereocenters. The van der Waals surface area contributed by atoms with E-state index in [1.54, 1.807) is 0 Å². The molecule has 0 aliphatic heterocycles. The second kappa shape index (κ2) is 6.88. The van der Waals surface area contributed by atoms with Gasteiger partial charge in [-0.15, -0.1) is 0 Å². The van der Waals surface area contributed by atoms with E-state index >= 15 is 0 Å². The van der Waals surface area contributed by atoms with Crippen molar-refractivity contribution in [3.05, 3.63) is 34.8 Å². The van der Waals surface area contributed by atoms with Crippen molar-refractivity contribution in [2.45, 2.75) is 4.90 Å². The van der Waals surface area contributed by atoms with Crippen LogP contribution in [0.2, 0.25) is 10.6 Å². The standard InChI is InChI=1S/C9H6Cl2N4O3S.Na/c10-7-13-8(11)15-9(14-7)18-19(16,17)6-3-1-5(12)2-4-6;/h1-4H,12H2;. The van der Waals surface area contributed by atoms with E-state index in [9.17, 15) is 8.42 Å². The fraction of sp³-hybridized carbons (Fsp3) is 0. The van der Waals surface area contributed by atoms with Gasteiger partial charge in [-0.3, -0.25) is 0 Å². The van der Waals surface area contributed by atoms with Crippen molar-refractivity contribution >= 4 is 68.6 Å². The van der Waals surface area contributed by atoms with E-state index in [2.05, 4.69) is 19.1 Å². The van der Waals surface area contributed by atoms with Crippen molar-refractivity contribution in [3.8, 4) is 6.01 Å². The Morgan fingerprint density at radius 2 is 1.50 bits per heavy atom. The molecule has 1 aromatic carbocycles. The van der Waals surface area contributed by atoms with Crippen molar-refractivity contribution in [3.63, 3.8) is 0 Å². The van der Waals surface area contributed by atoms with Crippen molar-refractivity contribution in [2.24, 2.45) is 0 Å². The molecule has 0 bridgehead atoms. The Bertz CT molecular complexity index is 691. The zero-order chi connectivity index (χ0) is 14.0. The van der Waals surface area contributed by atoms with E-state index in [4.69, 9.17) is 28.9 Å². The fourth-order valence-corrected chi connectivity index (χ4v) is 2.31. The average molecular weight is 344 g/mol. The van der Waals surface area contributed by atoms with E-state index in [0.29, 0.717) is 5.69 Å². The third-order valence-electron chi connectivity index (χ3n) is 1.91. The van der Waals surface area contributed by atoms with Gasteiger partial charge in [-0.25, -0.2) is 0 Å². The minimum Gasteiger partial charge on any atom is -0.399 e. The Morgan fingerprint density at radius 1 is 1.00 bits per heavy atom. The van der Waals surface area contributed by atoms with Gasteiger partial charge in [-0.1, -0.05) is 0 Å². The Balaban J connectivity index is 0.00000200. The smallest absolute Gasteiger partial charge is 0.341 e. The summed E-state index contributed by atoms with van der Waals surface area (Å²) in [6.07, 6.45) is 0. The number of nitrogens with zero attached hydrogens (tertiary/aromatic N) is 3. The first-order valence-corrected chi connectivity index (χ1v) is 6.90. The summed E-state index contributed by atoms with van der Waals surface area (Å²) >= 11 is 11.0. The molecule has 101 valence electrons. The molecule has 0 unspecified atom stereocenters. The maximum Gasteiger partial charge on any atom is 0.341 e. The average Bonchev–Trinajstić information content (AvgIpc) is 2.27. The first-order valence-electron chi connectivity index (χ1n) is 4.74. The molecule has 0 amide bonds. The third kappa shape index (κ3) is 4.44. The van der Waals surface area contributed by atoms with Crippen LogP contribution >= 0.6 is 23.2 Å². The van der Waals surface area contributed by atoms with Gasteiger partial charge in [0.1, 0.15) is 4.90 Å². The number of nitrogens with two attached hydrogens (primary N) is 1. The van der Waals surface area contributed by atoms with Crippen LogP contribution in [-0.4, -0.2) is 52.9 Å². The molecule has 20 heavy (non-hydrogen) atoms. The molecule has 2 aromatic rings. The molecule has 0 fully saturated rings. The Hall–Kier alpha value is -0.640. The first-order chi connectivity index (χ1) is 8.87. The van der Waals surface area contributed by atoms with Gasteiger partial charge in [0.15, 0.2) is 0 Å². The van der Waals surface area contributed by atoms with Gasteiger partial charge in [0.25, 0.3) is 0 Å². The third-order valence-corrected chi connectivity index (χ3v) is 3.47. The number of benzene rings is 1. The van der Waals surface area contributed by atoms with Crippen LogP contribution in [-0.2, 0) is 10.1 Å². The Morgan fingerprint density at radius 3 is 2.00 bits per heavy atom. The summed E-state index contributed by atoms with van der Waals surface area (Å²) in [5.74, 6) is 0. The van der Waals surface area contributed by atoms with E-state index in [-0.39, 0.29) is 45.0 Å². The molecule has 2 rings (SSSR count). The molecule has 11 heteroatoms. The molecule has 7 nitrogen and oxygen atoms in total. The van der Waals surface area contributed by atoms with Crippen LogP contribution in [0.4, 0.5) is 5.69 Å². The molecule has 0 saturated carbocycles. The summed E-state index contributed by atoms with van der Waals surface area (Å²) < 4.78 is 28.5. The van der Waals surface area contributed by atoms with E-state index in [1.165, 1.54) is 24.3 Å². The summed E-state index contributed by atoms with van der Waals surface area (Å²) in [5.41, 5.74) is 5.88. The molecule has 0 saturated heterocycles. The van der Waals surface area contributed by atoms with Gasteiger partial charge in [0.2, 0.25) is 10.6 Å². The predicted molar refractivity (Wildman–Crippen MR) is 74.3 cm³/mol. The molecular weight excluding hydrogens is 338 g/mol. The summed E-state index contributed by atoms with van der Waals surface area (Å²) in [6.45, 7) is 0. The summed E-state index contributed by atoms with van der Waals surface area (Å²) in [5, 5.41) is -0.551. The molecule has 1 heterocycles. The molecule has 1 radical (unpaired) electrons. The number of nitrogen functional groups attached to an aromatic ring is 1. The van der Waals surface area contributed by atoms with Gasteiger partial charge >= 0.3 is 16.1 Å². The van der Waals surface area contributed by atoms with Crippen molar-refractivity contribution in [2.75, 3.05) is 5.73 Å². The van der Waals surface area contributed by atoms with Crippen molar-refractivity contribution in [1.29, 1.82) is 0 Å². The molecular formula is C9H6Cl2N4NaO3S. The van der Waals surface area contributed by atoms with Crippen LogP contribution in [0.1, 0.15) is 0 Å². The molecule has 0 aliphatic carbocycles. The molecule has 0 aliphatic rings. The summed E-state index contributed by atoms with van der Waals surface area (Å²) in [4.78, 5) is 10.4. The van der Waals surface area contributed by atoms with Gasteiger partial charge < -0.3 is 9.92 Å². The summed E-state index contributed by atoms with van der Waals surface area (Å²) in [6, 6.07) is 4.90. The maximum atomic E-state index is 11.9. The number of anilines is 1. The van der Waals surface area contributed by atoms with Crippen LogP contribution in [0.3, 0.4) is 0 Å². The number of aromatic nitrogens is 3. The number of hydrogen-bond donors (Lipinski definition) is 1. The Labute approximate surface area is 146 Å². The predicted octanol–water partition coefficient (Wildman–Crippen LogP) is 1.15. The van der Waals surface area contributed by atoms with Gasteiger partial charge in [0, 0.05) is 35.2 Å². The molecule has 0 spiro atoms. The topological polar surface area (TPSA) is 108 Å². The van der Waals surface area contributed by atoms with Crippen LogP contribution in [0, 0.1) is 0 Å². The van der Waals surface area contributed by atoms with E-state index in [1.807, 2.05) is 0 Å². The molecule has 1 aromatic heterocycles. The van der Waals surface area contributed by atoms with Gasteiger partial charge in [-0.2, -0.15) is 23.4 Å². The number of halogens is 2. The van der Waals surface area contributed by atoms with Crippen LogP contribution in [0.5, 0.6) is 6.01 Å². The van der Waals surface area contributed by atoms with Crippen LogP contribution in [0.15, 0.2) is 29.2 Å². The second-order valence-corrected chi connectivity index (χ2v) is 5.48. The zero-order valence-corrected chi connectivity index (χ0v) is 14.4. The van der Waals surface area contributed by atoms with E-state index < -0.39 is 16.1 Å². The second-order valence-electron chi connectivity index (χ2n) is 3.26. The normalized spacial score (nSPS) is 10.7.